The maximum Gasteiger partial charge on any atom is 0.302 e. The molecule has 5 aliphatic rings. The van der Waals surface area contributed by atoms with E-state index in [4.69, 9.17) is 4.74 Å². The number of carbonyl (C=O) groups is 2. The number of ketones is 1. The molecule has 0 aliphatic heterocycles. The molecule has 3 heteroatoms. The van der Waals surface area contributed by atoms with Crippen LogP contribution in [-0.4, -0.2) is 18.4 Å². The molecule has 0 radical (unpaired) electrons. The van der Waals surface area contributed by atoms with Gasteiger partial charge in [-0.25, -0.2) is 0 Å². The fourth-order valence-corrected chi connectivity index (χ4v) is 11.6. The Kier molecular flexibility index (Phi) is 5.79. The van der Waals surface area contributed by atoms with E-state index in [1.165, 1.54) is 56.9 Å². The van der Waals surface area contributed by atoms with E-state index in [0.717, 1.165) is 12.8 Å². The van der Waals surface area contributed by atoms with Crippen LogP contribution in [0, 0.1) is 56.7 Å². The van der Waals surface area contributed by atoms with Crippen molar-refractivity contribution >= 4 is 11.8 Å². The van der Waals surface area contributed by atoms with Crippen molar-refractivity contribution in [3.8, 4) is 0 Å². The summed E-state index contributed by atoms with van der Waals surface area (Å²) in [6.07, 6.45) is 11.6. The Morgan fingerprint density at radius 2 is 1.60 bits per heavy atom. The van der Waals surface area contributed by atoms with Crippen LogP contribution in [0.2, 0.25) is 0 Å². The molecule has 0 amide bonds. The third-order valence-electron chi connectivity index (χ3n) is 13.5. The van der Waals surface area contributed by atoms with Gasteiger partial charge >= 0.3 is 5.97 Å². The summed E-state index contributed by atoms with van der Waals surface area (Å²) in [7, 11) is 0. The van der Waals surface area contributed by atoms with Crippen molar-refractivity contribution in [2.24, 2.45) is 56.7 Å². The van der Waals surface area contributed by atoms with E-state index in [1.54, 1.807) is 6.92 Å². The van der Waals surface area contributed by atoms with Gasteiger partial charge in [-0.15, -0.1) is 0 Å². The van der Waals surface area contributed by atoms with E-state index in [0.29, 0.717) is 47.4 Å². The van der Waals surface area contributed by atoms with Crippen molar-refractivity contribution < 1.29 is 14.3 Å². The Morgan fingerprint density at radius 1 is 0.886 bits per heavy atom. The van der Waals surface area contributed by atoms with Crippen molar-refractivity contribution in [1.29, 1.82) is 0 Å². The fraction of sp³-hybridized carbons (Fsp3) is 0.875. The normalized spacial score (nSPS) is 50.4. The lowest BCUT2D eigenvalue weighted by atomic mass is 9.32. The minimum atomic E-state index is -0.186. The highest BCUT2D eigenvalue weighted by molar-refractivity contribution is 5.85. The summed E-state index contributed by atoms with van der Waals surface area (Å²) in [6, 6.07) is 0. The molecule has 9 atom stereocenters. The Labute approximate surface area is 214 Å². The van der Waals surface area contributed by atoms with E-state index in [1.807, 2.05) is 0 Å². The number of allylic oxidation sites excluding steroid dienone is 1. The van der Waals surface area contributed by atoms with E-state index >= 15 is 0 Å². The molecule has 0 aromatic heterocycles. The monoisotopic (exact) mass is 482 g/mol. The van der Waals surface area contributed by atoms with Gasteiger partial charge in [-0.05, 0) is 111 Å². The molecule has 0 aromatic rings. The van der Waals surface area contributed by atoms with Gasteiger partial charge in [0, 0.05) is 24.2 Å². The Morgan fingerprint density at radius 3 is 2.26 bits per heavy atom. The number of hydrogen-bond acceptors (Lipinski definition) is 3. The smallest absolute Gasteiger partial charge is 0.302 e. The predicted octanol–water partition coefficient (Wildman–Crippen LogP) is 7.78. The van der Waals surface area contributed by atoms with Crippen LogP contribution in [-0.2, 0) is 14.3 Å². The van der Waals surface area contributed by atoms with Gasteiger partial charge in [0.25, 0.3) is 0 Å². The Bertz CT molecular complexity index is 933. The molecule has 0 heterocycles. The first-order valence-electron chi connectivity index (χ1n) is 14.5. The SMILES string of the molecule is C=C(C)[C@@H]1CC[C@]2(COC(C)=O)CC[C@]3(C)C(CCC4[C@@]5(C)CCC(=O)C(C)(C)C5CC[C@]43C)C12. The molecule has 0 saturated heterocycles. The first-order chi connectivity index (χ1) is 16.2. The third kappa shape index (κ3) is 3.27. The van der Waals surface area contributed by atoms with Gasteiger partial charge in [-0.3, -0.25) is 9.59 Å². The second kappa shape index (κ2) is 7.94. The molecule has 5 saturated carbocycles. The van der Waals surface area contributed by atoms with Gasteiger partial charge < -0.3 is 4.74 Å². The van der Waals surface area contributed by atoms with Gasteiger partial charge in [-0.2, -0.15) is 0 Å². The van der Waals surface area contributed by atoms with Crippen LogP contribution < -0.4 is 0 Å². The second-order valence-electron chi connectivity index (χ2n) is 15.0. The molecule has 0 bridgehead atoms. The summed E-state index contributed by atoms with van der Waals surface area (Å²) in [6.45, 7) is 21.2. The highest BCUT2D eigenvalue weighted by Gasteiger charge is 2.71. The average Bonchev–Trinajstić information content (AvgIpc) is 3.16. The molecule has 5 rings (SSSR count). The van der Waals surface area contributed by atoms with E-state index in [2.05, 4.69) is 48.1 Å². The zero-order valence-electron chi connectivity index (χ0n) is 23.6. The number of ether oxygens (including phenoxy) is 1. The molecule has 0 N–H and O–H groups in total. The summed E-state index contributed by atoms with van der Waals surface area (Å²) < 4.78 is 5.78. The maximum atomic E-state index is 13.0. The molecule has 196 valence electrons. The average molecular weight is 483 g/mol. The highest BCUT2D eigenvalue weighted by Crippen LogP contribution is 2.77. The van der Waals surface area contributed by atoms with Gasteiger partial charge in [0.15, 0.2) is 0 Å². The van der Waals surface area contributed by atoms with Crippen LogP contribution in [0.15, 0.2) is 12.2 Å². The van der Waals surface area contributed by atoms with Gasteiger partial charge in [0.1, 0.15) is 5.78 Å². The summed E-state index contributed by atoms with van der Waals surface area (Å²) in [4.78, 5) is 24.8. The minimum absolute atomic E-state index is 0.128. The van der Waals surface area contributed by atoms with E-state index < -0.39 is 0 Å². The summed E-state index contributed by atoms with van der Waals surface area (Å²) in [5.74, 6) is 3.34. The van der Waals surface area contributed by atoms with Gasteiger partial charge in [-0.1, -0.05) is 46.8 Å². The molecule has 5 fully saturated rings. The highest BCUT2D eigenvalue weighted by atomic mass is 16.5. The van der Waals surface area contributed by atoms with Crippen LogP contribution >= 0.6 is 0 Å². The summed E-state index contributed by atoms with van der Waals surface area (Å²) >= 11 is 0. The number of esters is 1. The third-order valence-corrected chi connectivity index (χ3v) is 13.5. The van der Waals surface area contributed by atoms with Crippen LogP contribution in [0.1, 0.15) is 113 Å². The molecule has 3 nitrogen and oxygen atoms in total. The van der Waals surface area contributed by atoms with Crippen molar-refractivity contribution in [3.05, 3.63) is 12.2 Å². The second-order valence-corrected chi connectivity index (χ2v) is 15.0. The molecular weight excluding hydrogens is 432 g/mol. The molecule has 4 unspecified atom stereocenters. The van der Waals surface area contributed by atoms with Crippen molar-refractivity contribution in [2.45, 2.75) is 113 Å². The lowest BCUT2D eigenvalue weighted by Gasteiger charge is -2.72. The first-order valence-corrected chi connectivity index (χ1v) is 14.5. The number of rotatable bonds is 3. The van der Waals surface area contributed by atoms with E-state index in [-0.39, 0.29) is 27.6 Å². The van der Waals surface area contributed by atoms with Crippen LogP contribution in [0.25, 0.3) is 0 Å². The van der Waals surface area contributed by atoms with Gasteiger partial charge in [0.2, 0.25) is 0 Å². The quantitative estimate of drug-likeness (QED) is 0.305. The van der Waals surface area contributed by atoms with Crippen LogP contribution in [0.3, 0.4) is 0 Å². The fourth-order valence-electron chi connectivity index (χ4n) is 11.6. The Hall–Kier alpha value is -1.12. The number of carbonyl (C=O) groups excluding carboxylic acids is 2. The van der Waals surface area contributed by atoms with Crippen molar-refractivity contribution in [1.82, 2.24) is 0 Å². The summed E-state index contributed by atoms with van der Waals surface area (Å²) in [5.41, 5.74) is 2.12. The van der Waals surface area contributed by atoms with E-state index in [9.17, 15) is 9.59 Å². The number of hydrogen-bond donors (Lipinski definition) is 0. The first kappa shape index (κ1) is 25.5. The zero-order valence-corrected chi connectivity index (χ0v) is 23.6. The van der Waals surface area contributed by atoms with Crippen molar-refractivity contribution in [3.63, 3.8) is 0 Å². The number of Topliss-reactive ketones (excluding diaryl/α,β-unsaturated/α-hetero) is 1. The van der Waals surface area contributed by atoms with Crippen molar-refractivity contribution in [2.75, 3.05) is 6.61 Å². The minimum Gasteiger partial charge on any atom is -0.465 e. The standard InChI is InChI=1S/C32H50O3/c1-20(2)22-11-16-32(19-35-21(3)33)18-17-30(7)23(27(22)32)9-10-25-29(6)14-13-26(34)28(4,5)24(29)12-15-31(25,30)8/h22-25,27H,1,9-19H2,2-8H3/t22-,23?,24?,25?,27?,29-,30+,31+,32+/m0/s1. The van der Waals surface area contributed by atoms with Crippen LogP contribution in [0.4, 0.5) is 0 Å². The lowest BCUT2D eigenvalue weighted by Crippen LogP contribution is -2.66. The van der Waals surface area contributed by atoms with Gasteiger partial charge in [0.05, 0.1) is 6.61 Å². The topological polar surface area (TPSA) is 43.4 Å². The molecule has 5 aliphatic carbocycles. The Balaban J connectivity index is 1.53. The maximum absolute atomic E-state index is 13.0. The molecule has 0 aromatic carbocycles. The predicted molar refractivity (Wildman–Crippen MR) is 141 cm³/mol. The summed E-state index contributed by atoms with van der Waals surface area (Å²) in [5, 5.41) is 0. The zero-order chi connectivity index (χ0) is 25.6. The lowest BCUT2D eigenvalue weighted by molar-refractivity contribution is -0.237. The number of fused-ring (bicyclic) bond motifs is 7. The molecule has 0 spiro atoms. The van der Waals surface area contributed by atoms with Crippen LogP contribution in [0.5, 0.6) is 0 Å². The molecule has 35 heavy (non-hydrogen) atoms. The molecular formula is C32H50O3. The largest absolute Gasteiger partial charge is 0.465 e.